The van der Waals surface area contributed by atoms with E-state index in [9.17, 15) is 0 Å². The van der Waals surface area contributed by atoms with Crippen molar-refractivity contribution in [3.05, 3.63) is 162 Å². The van der Waals surface area contributed by atoms with Crippen LogP contribution in [0.1, 0.15) is 51.3 Å². The Hall–Kier alpha value is -6.14. The number of rotatable bonds is 1. The highest BCUT2D eigenvalue weighted by Crippen LogP contribution is 2.55. The second-order valence-electron chi connectivity index (χ2n) is 18.9. The lowest BCUT2D eigenvalue weighted by Crippen LogP contribution is -2.60. The van der Waals surface area contributed by atoms with Crippen LogP contribution in [0.4, 0.5) is 11.4 Å². The van der Waals surface area contributed by atoms with Crippen molar-refractivity contribution in [3.63, 3.8) is 0 Å². The van der Waals surface area contributed by atoms with Gasteiger partial charge in [-0.15, -0.1) is 22.7 Å². The average Bonchev–Trinajstić information content (AvgIpc) is 3.97. The molecule has 3 aliphatic rings. The SMILES string of the molecule is CC(C)(C)c1ccc(N2B3c4cc5c(cc4-n4c6cc7c(cc6c6ccc(c3c64)-c3cc4c(cc32)-c2ccccc2C4(C)C)sc2ccccc27)sc2ccccc25)cc1. The van der Waals surface area contributed by atoms with Crippen LogP contribution in [0.3, 0.4) is 0 Å². The fraction of sp³-hybridized carbons (Fsp3) is 0.127. The molecule has 8 aromatic carbocycles. The second kappa shape index (κ2) is 11.2. The maximum atomic E-state index is 2.71. The van der Waals surface area contributed by atoms with E-state index in [2.05, 4.69) is 190 Å². The molecule has 0 N–H and O–H groups in total. The van der Waals surface area contributed by atoms with E-state index in [1.807, 2.05) is 22.7 Å². The van der Waals surface area contributed by atoms with Gasteiger partial charge in [0.15, 0.2) is 0 Å². The van der Waals surface area contributed by atoms with E-state index in [1.54, 1.807) is 0 Å². The highest BCUT2D eigenvalue weighted by Gasteiger charge is 2.46. The van der Waals surface area contributed by atoms with Crippen molar-refractivity contribution in [1.29, 1.82) is 0 Å². The molecule has 14 rings (SSSR count). The van der Waals surface area contributed by atoms with Crippen LogP contribution in [0.15, 0.2) is 146 Å². The Balaban J connectivity index is 1.16. The molecular weight excluding hydrogens is 764 g/mol. The molecule has 0 atom stereocenters. The first-order chi connectivity index (χ1) is 29.1. The van der Waals surface area contributed by atoms with E-state index in [0.717, 1.165) is 0 Å². The predicted octanol–water partition coefficient (Wildman–Crippen LogP) is 14.4. The molecule has 1 aliphatic carbocycles. The average molecular weight is 803 g/mol. The zero-order valence-electron chi connectivity index (χ0n) is 34.1. The van der Waals surface area contributed by atoms with E-state index in [0.29, 0.717) is 0 Å². The van der Waals surface area contributed by atoms with Gasteiger partial charge in [-0.05, 0) is 104 Å². The second-order valence-corrected chi connectivity index (χ2v) is 21.1. The lowest BCUT2D eigenvalue weighted by molar-refractivity contribution is 0.590. The summed E-state index contributed by atoms with van der Waals surface area (Å²) in [7, 11) is 0. The van der Waals surface area contributed by atoms with Gasteiger partial charge in [0.1, 0.15) is 0 Å². The van der Waals surface area contributed by atoms with Gasteiger partial charge >= 0.3 is 6.85 Å². The molecule has 0 spiro atoms. The summed E-state index contributed by atoms with van der Waals surface area (Å²) in [6, 6.07) is 56.6. The summed E-state index contributed by atoms with van der Waals surface area (Å²) >= 11 is 3.83. The maximum Gasteiger partial charge on any atom is 0.333 e. The van der Waals surface area contributed by atoms with Crippen molar-refractivity contribution in [2.24, 2.45) is 0 Å². The first kappa shape index (κ1) is 33.7. The number of aromatic nitrogens is 1. The zero-order chi connectivity index (χ0) is 40.0. The number of thiophene rings is 2. The number of hydrogen-bond acceptors (Lipinski definition) is 3. The fourth-order valence-corrected chi connectivity index (χ4v) is 13.7. The highest BCUT2D eigenvalue weighted by molar-refractivity contribution is 7.26. The lowest BCUT2D eigenvalue weighted by Gasteiger charge is -2.42. The Morgan fingerprint density at radius 1 is 0.500 bits per heavy atom. The summed E-state index contributed by atoms with van der Waals surface area (Å²) in [5, 5.41) is 8.01. The van der Waals surface area contributed by atoms with Gasteiger partial charge in [0.2, 0.25) is 0 Å². The van der Waals surface area contributed by atoms with Crippen LogP contribution < -0.4 is 15.7 Å². The maximum absolute atomic E-state index is 2.71. The van der Waals surface area contributed by atoms with Crippen LogP contribution in [0.2, 0.25) is 0 Å². The van der Waals surface area contributed by atoms with Gasteiger partial charge < -0.3 is 9.38 Å². The third kappa shape index (κ3) is 4.15. The van der Waals surface area contributed by atoms with E-state index >= 15 is 0 Å². The topological polar surface area (TPSA) is 8.17 Å². The lowest BCUT2D eigenvalue weighted by atomic mass is 9.44. The number of hydrogen-bond donors (Lipinski definition) is 0. The molecule has 3 aromatic heterocycles. The molecule has 0 amide bonds. The molecule has 0 radical (unpaired) electrons. The van der Waals surface area contributed by atoms with E-state index in [1.165, 1.54) is 129 Å². The Kier molecular flexibility index (Phi) is 6.26. The van der Waals surface area contributed by atoms with Gasteiger partial charge in [-0.3, -0.25) is 0 Å². The molecule has 0 saturated heterocycles. The van der Waals surface area contributed by atoms with Crippen molar-refractivity contribution < 1.29 is 0 Å². The summed E-state index contributed by atoms with van der Waals surface area (Å²) in [5.74, 6) is 0. The third-order valence-electron chi connectivity index (χ3n) is 14.3. The van der Waals surface area contributed by atoms with Crippen LogP contribution in [0, 0.1) is 0 Å². The van der Waals surface area contributed by atoms with Crippen molar-refractivity contribution in [2.45, 2.75) is 45.4 Å². The van der Waals surface area contributed by atoms with E-state index in [4.69, 9.17) is 0 Å². The standard InChI is InChI=1S/C55H39BN2S2/c1-54(2,3)30-18-20-31(21-19-30)58-46-26-37-32-12-6-9-15-42(32)55(4,5)43(37)24-38(46)35-22-23-36-39-28-50-41(34-14-8-11-17-49(34)59-50)27-45(39)57-47-29-51-40(33-13-7-10-16-48(33)60-51)25-44(47)56(58)52(35)53(36)57/h6-29H,1-5H3. The molecule has 5 heterocycles. The smallest absolute Gasteiger partial charge is 0.333 e. The molecule has 2 nitrogen and oxygen atoms in total. The number of benzene rings is 8. The van der Waals surface area contributed by atoms with Gasteiger partial charge in [0, 0.05) is 79.2 Å². The first-order valence-corrected chi connectivity index (χ1v) is 22.8. The Morgan fingerprint density at radius 2 is 1.18 bits per heavy atom. The van der Waals surface area contributed by atoms with Gasteiger partial charge in [-0.2, -0.15) is 0 Å². The van der Waals surface area contributed by atoms with E-state index < -0.39 is 0 Å². The third-order valence-corrected chi connectivity index (χ3v) is 16.6. The largest absolute Gasteiger partial charge is 0.376 e. The minimum Gasteiger partial charge on any atom is -0.376 e. The van der Waals surface area contributed by atoms with Crippen LogP contribution in [-0.4, -0.2) is 11.4 Å². The number of nitrogens with zero attached hydrogens (tertiary/aromatic N) is 2. The molecule has 0 fully saturated rings. The van der Waals surface area contributed by atoms with Gasteiger partial charge in [-0.25, -0.2) is 0 Å². The molecule has 0 bridgehead atoms. The highest BCUT2D eigenvalue weighted by atomic mass is 32.1. The van der Waals surface area contributed by atoms with Crippen molar-refractivity contribution in [1.82, 2.24) is 4.57 Å². The molecule has 0 unspecified atom stereocenters. The monoisotopic (exact) mass is 802 g/mol. The van der Waals surface area contributed by atoms with Crippen LogP contribution in [-0.2, 0) is 10.8 Å². The zero-order valence-corrected chi connectivity index (χ0v) is 35.8. The Bertz CT molecular complexity index is 3740. The fourth-order valence-electron chi connectivity index (χ4n) is 11.4. The van der Waals surface area contributed by atoms with Gasteiger partial charge in [-0.1, -0.05) is 126 Å². The normalized spacial score (nSPS) is 14.8. The van der Waals surface area contributed by atoms with Crippen molar-refractivity contribution in [2.75, 3.05) is 4.81 Å². The number of fused-ring (bicyclic) bond motifs is 17. The first-order valence-electron chi connectivity index (χ1n) is 21.2. The van der Waals surface area contributed by atoms with Crippen LogP contribution in [0.5, 0.6) is 0 Å². The minimum absolute atomic E-state index is 0.0452. The minimum atomic E-state index is -0.111. The van der Waals surface area contributed by atoms with E-state index in [-0.39, 0.29) is 17.7 Å². The van der Waals surface area contributed by atoms with Gasteiger partial charge in [0.05, 0.1) is 11.0 Å². The molecule has 11 aromatic rings. The summed E-state index contributed by atoms with van der Waals surface area (Å²) in [6.45, 7) is 11.7. The van der Waals surface area contributed by atoms with Crippen LogP contribution in [0.25, 0.3) is 90.1 Å². The summed E-state index contributed by atoms with van der Waals surface area (Å²) < 4.78 is 8.02. The Morgan fingerprint density at radius 3 is 1.93 bits per heavy atom. The van der Waals surface area contributed by atoms with Gasteiger partial charge in [0.25, 0.3) is 0 Å². The molecular formula is C55H39BN2S2. The molecule has 0 saturated carbocycles. The molecule has 60 heavy (non-hydrogen) atoms. The molecule has 2 aliphatic heterocycles. The molecule has 284 valence electrons. The Labute approximate surface area is 357 Å². The van der Waals surface area contributed by atoms with Crippen LogP contribution >= 0.6 is 22.7 Å². The predicted molar refractivity (Wildman–Crippen MR) is 262 cm³/mol. The summed E-state index contributed by atoms with van der Waals surface area (Å²) in [5.41, 5.74) is 18.6. The van der Waals surface area contributed by atoms with Crippen molar-refractivity contribution >= 4 is 114 Å². The number of anilines is 2. The summed E-state index contributed by atoms with van der Waals surface area (Å²) in [6.07, 6.45) is 0. The van der Waals surface area contributed by atoms with Crippen molar-refractivity contribution in [3.8, 4) is 27.9 Å². The summed E-state index contributed by atoms with van der Waals surface area (Å²) in [4.78, 5) is 2.71. The molecule has 5 heteroatoms. The quantitative estimate of drug-likeness (QED) is 0.150.